The van der Waals surface area contributed by atoms with Crippen molar-refractivity contribution in [2.24, 2.45) is 0 Å². The molecule has 158 valence electrons. The van der Waals surface area contributed by atoms with Crippen molar-refractivity contribution < 1.29 is 23.4 Å². The number of anilines is 1. The Hall–Kier alpha value is -2.46. The summed E-state index contributed by atoms with van der Waals surface area (Å²) in [7, 11) is 0. The van der Waals surface area contributed by atoms with Crippen LogP contribution in [0.3, 0.4) is 0 Å². The third kappa shape index (κ3) is 4.76. The van der Waals surface area contributed by atoms with Gasteiger partial charge in [-0.15, -0.1) is 10.2 Å². The lowest BCUT2D eigenvalue weighted by molar-refractivity contribution is -0.137. The number of aromatic nitrogens is 3. The number of phenolic OH excluding ortho intramolecular Hbond substituents is 1. The van der Waals surface area contributed by atoms with Gasteiger partial charge in [0.1, 0.15) is 11.4 Å². The van der Waals surface area contributed by atoms with Crippen molar-refractivity contribution in [3.63, 3.8) is 0 Å². The highest BCUT2D eigenvalue weighted by Crippen LogP contribution is 2.39. The number of phenols is 1. The molecule has 1 aromatic heterocycles. The molecule has 0 aliphatic carbocycles. The number of nitrogens with one attached hydrogen (secondary N) is 1. The molecular weight excluding hydrogens is 387 g/mol. The predicted octanol–water partition coefficient (Wildman–Crippen LogP) is 2.75. The quantitative estimate of drug-likeness (QED) is 0.712. The van der Waals surface area contributed by atoms with E-state index in [1.807, 2.05) is 6.92 Å². The molecular formula is C19H24F3N5O2. The Morgan fingerprint density at radius 2 is 1.93 bits per heavy atom. The second-order valence-corrected chi connectivity index (χ2v) is 7.34. The number of aryl methyl sites for hydroxylation is 2. The van der Waals surface area contributed by atoms with Gasteiger partial charge in [-0.1, -0.05) is 6.92 Å². The third-order valence-electron chi connectivity index (χ3n) is 5.02. The number of aliphatic hydroxyl groups is 1. The van der Waals surface area contributed by atoms with Crippen LogP contribution in [0.2, 0.25) is 0 Å². The van der Waals surface area contributed by atoms with Gasteiger partial charge in [0, 0.05) is 24.7 Å². The Morgan fingerprint density at radius 1 is 1.21 bits per heavy atom. The first-order valence-corrected chi connectivity index (χ1v) is 9.38. The number of likely N-dealkylation sites (N-methyl/N-ethyl adjacent to an activating group) is 1. The number of alkyl halides is 3. The van der Waals surface area contributed by atoms with E-state index in [-0.39, 0.29) is 28.8 Å². The molecule has 0 saturated carbocycles. The molecule has 1 aliphatic heterocycles. The third-order valence-corrected chi connectivity index (χ3v) is 5.02. The van der Waals surface area contributed by atoms with E-state index in [0.29, 0.717) is 24.7 Å². The Bertz CT molecular complexity index is 868. The molecule has 0 radical (unpaired) electrons. The van der Waals surface area contributed by atoms with Crippen molar-refractivity contribution in [2.75, 3.05) is 25.0 Å². The number of benzene rings is 1. The average molecular weight is 411 g/mol. The van der Waals surface area contributed by atoms with Crippen molar-refractivity contribution in [3.05, 3.63) is 29.0 Å². The fourth-order valence-corrected chi connectivity index (χ4v) is 3.64. The van der Waals surface area contributed by atoms with E-state index in [1.165, 1.54) is 6.92 Å². The van der Waals surface area contributed by atoms with Crippen LogP contribution in [0, 0.1) is 13.8 Å². The van der Waals surface area contributed by atoms with E-state index < -0.39 is 23.6 Å². The summed E-state index contributed by atoms with van der Waals surface area (Å²) in [5, 5.41) is 31.5. The first-order valence-electron chi connectivity index (χ1n) is 9.38. The number of rotatable bonds is 4. The van der Waals surface area contributed by atoms with Crippen LogP contribution >= 0.6 is 0 Å². The van der Waals surface area contributed by atoms with E-state index in [1.54, 1.807) is 6.92 Å². The zero-order valence-electron chi connectivity index (χ0n) is 16.5. The highest BCUT2D eigenvalue weighted by atomic mass is 19.4. The number of likely N-dealkylation sites (tertiary alicyclic amines) is 1. The summed E-state index contributed by atoms with van der Waals surface area (Å²) in [6.45, 7) is 7.32. The summed E-state index contributed by atoms with van der Waals surface area (Å²) in [6, 6.07) is 1.59. The van der Waals surface area contributed by atoms with Crippen molar-refractivity contribution >= 4 is 5.95 Å². The molecule has 0 bridgehead atoms. The van der Waals surface area contributed by atoms with Crippen LogP contribution < -0.4 is 5.32 Å². The van der Waals surface area contributed by atoms with Crippen LogP contribution in [0.5, 0.6) is 5.75 Å². The Labute approximate surface area is 166 Å². The number of aromatic hydroxyl groups is 1. The molecule has 0 amide bonds. The van der Waals surface area contributed by atoms with Crippen molar-refractivity contribution in [2.45, 2.75) is 45.5 Å². The van der Waals surface area contributed by atoms with Gasteiger partial charge in [0.25, 0.3) is 0 Å². The predicted molar refractivity (Wildman–Crippen MR) is 102 cm³/mol. The molecule has 29 heavy (non-hydrogen) atoms. The fourth-order valence-electron chi connectivity index (χ4n) is 3.64. The standard InChI is InChI=1S/C19H24F3N5O2/c1-4-27-8-13(7-14(28)9-27)24-18-23-11(3)17(25-26-18)16-10(2)5-12(6-15(16)29)19(20,21)22/h5-6,13-14,28-29H,4,7-9H2,1-3H3,(H,23,24,26)/t13?,14-/m1/s1. The number of β-amino-alcohol motifs (C(OH)–C–C–N with tert-alkyl or cyclic N) is 1. The molecule has 7 nitrogen and oxygen atoms in total. The SMILES string of the molecule is CCN1CC(Nc2nnc(-c3c(C)cc(C(F)(F)F)cc3O)c(C)n2)C[C@@H](O)C1. The van der Waals surface area contributed by atoms with Gasteiger partial charge in [0.2, 0.25) is 5.95 Å². The Kier molecular flexibility index (Phi) is 5.95. The number of halogens is 3. The van der Waals surface area contributed by atoms with Crippen LogP contribution in [0.15, 0.2) is 12.1 Å². The first kappa shape index (κ1) is 21.3. The maximum atomic E-state index is 12.9. The Morgan fingerprint density at radius 3 is 2.52 bits per heavy atom. The van der Waals surface area contributed by atoms with Crippen molar-refractivity contribution in [1.82, 2.24) is 20.1 Å². The second-order valence-electron chi connectivity index (χ2n) is 7.34. The highest BCUT2D eigenvalue weighted by Gasteiger charge is 2.32. The van der Waals surface area contributed by atoms with Crippen LogP contribution in [0.4, 0.5) is 19.1 Å². The minimum atomic E-state index is -4.55. The smallest absolute Gasteiger partial charge is 0.416 e. The maximum absolute atomic E-state index is 12.9. The summed E-state index contributed by atoms with van der Waals surface area (Å²) >= 11 is 0. The lowest BCUT2D eigenvalue weighted by Gasteiger charge is -2.35. The molecule has 1 unspecified atom stereocenters. The molecule has 10 heteroatoms. The summed E-state index contributed by atoms with van der Waals surface area (Å²) in [4.78, 5) is 6.47. The minimum Gasteiger partial charge on any atom is -0.507 e. The normalized spacial score (nSPS) is 20.7. The number of aliphatic hydroxyl groups excluding tert-OH is 1. The molecule has 2 atom stereocenters. The van der Waals surface area contributed by atoms with E-state index in [9.17, 15) is 23.4 Å². The maximum Gasteiger partial charge on any atom is 0.416 e. The summed E-state index contributed by atoms with van der Waals surface area (Å²) in [6.07, 6.45) is -4.44. The molecule has 3 rings (SSSR count). The van der Waals surface area contributed by atoms with Crippen molar-refractivity contribution in [3.8, 4) is 17.0 Å². The lowest BCUT2D eigenvalue weighted by Crippen LogP contribution is -2.48. The molecule has 0 spiro atoms. The largest absolute Gasteiger partial charge is 0.507 e. The molecule has 1 fully saturated rings. The van der Waals surface area contributed by atoms with E-state index >= 15 is 0 Å². The van der Waals surface area contributed by atoms with Crippen LogP contribution in [0.1, 0.15) is 30.2 Å². The first-order chi connectivity index (χ1) is 13.6. The number of nitrogens with zero attached hydrogens (tertiary/aromatic N) is 4. The van der Waals surface area contributed by atoms with Crippen LogP contribution in [-0.2, 0) is 6.18 Å². The number of hydrogen-bond donors (Lipinski definition) is 3. The summed E-state index contributed by atoms with van der Waals surface area (Å²) < 4.78 is 38.8. The molecule has 2 aromatic rings. The van der Waals surface area contributed by atoms with Gasteiger partial charge in [-0.05, 0) is 44.5 Å². The molecule has 1 aromatic carbocycles. The van der Waals surface area contributed by atoms with Crippen LogP contribution in [0.25, 0.3) is 11.3 Å². The monoisotopic (exact) mass is 411 g/mol. The zero-order valence-corrected chi connectivity index (χ0v) is 16.5. The molecule has 1 aliphatic rings. The van der Waals surface area contributed by atoms with Gasteiger partial charge < -0.3 is 15.5 Å². The van der Waals surface area contributed by atoms with Gasteiger partial charge in [0.15, 0.2) is 0 Å². The molecule has 3 N–H and O–H groups in total. The van der Waals surface area contributed by atoms with E-state index in [4.69, 9.17) is 0 Å². The fraction of sp³-hybridized carbons (Fsp3) is 0.526. The number of hydrogen-bond acceptors (Lipinski definition) is 7. The highest BCUT2D eigenvalue weighted by molar-refractivity contribution is 5.72. The topological polar surface area (TPSA) is 94.4 Å². The molecule has 2 heterocycles. The Balaban J connectivity index is 1.85. The zero-order chi connectivity index (χ0) is 21.3. The summed E-state index contributed by atoms with van der Waals surface area (Å²) in [5.41, 5.74) is 0.116. The van der Waals surface area contributed by atoms with Gasteiger partial charge in [-0.3, -0.25) is 4.90 Å². The summed E-state index contributed by atoms with van der Waals surface area (Å²) in [5.74, 6) is -0.253. The van der Waals surface area contributed by atoms with Gasteiger partial charge in [-0.25, -0.2) is 4.98 Å². The second kappa shape index (κ2) is 8.11. The lowest BCUT2D eigenvalue weighted by atomic mass is 9.99. The van der Waals surface area contributed by atoms with Crippen molar-refractivity contribution in [1.29, 1.82) is 0 Å². The van der Waals surface area contributed by atoms with Gasteiger partial charge in [-0.2, -0.15) is 13.2 Å². The van der Waals surface area contributed by atoms with E-state index in [2.05, 4.69) is 25.4 Å². The van der Waals surface area contributed by atoms with E-state index in [0.717, 1.165) is 19.2 Å². The number of piperidine rings is 1. The van der Waals surface area contributed by atoms with Gasteiger partial charge in [0.05, 0.1) is 17.4 Å². The molecule has 1 saturated heterocycles. The average Bonchev–Trinajstić information content (AvgIpc) is 2.61. The van der Waals surface area contributed by atoms with Gasteiger partial charge >= 0.3 is 6.18 Å². The van der Waals surface area contributed by atoms with Crippen LogP contribution in [-0.4, -0.2) is 62.1 Å². The minimum absolute atomic E-state index is 0.0491.